The van der Waals surface area contributed by atoms with Gasteiger partial charge in [0.05, 0.1) is 24.2 Å². The lowest BCUT2D eigenvalue weighted by atomic mass is 10.2. The fraction of sp³-hybridized carbons (Fsp3) is 0.438. The molecule has 0 aliphatic rings. The van der Waals surface area contributed by atoms with Crippen molar-refractivity contribution in [3.63, 3.8) is 0 Å². The molecule has 0 saturated heterocycles. The molecule has 1 heterocycles. The fourth-order valence-corrected chi connectivity index (χ4v) is 2.46. The first kappa shape index (κ1) is 15.2. The van der Waals surface area contributed by atoms with E-state index in [1.54, 1.807) is 7.11 Å². The number of hydrogen-bond acceptors (Lipinski definition) is 4. The first-order valence-electron chi connectivity index (χ1n) is 7.42. The highest BCUT2D eigenvalue weighted by Crippen LogP contribution is 2.30. The Labute approximate surface area is 126 Å². The Hall–Kier alpha value is -2.17. The number of nitrogen functional groups attached to an aromatic ring is 1. The molecular formula is C16H24N4O. The molecule has 5 nitrogen and oxygen atoms in total. The van der Waals surface area contributed by atoms with Crippen molar-refractivity contribution >= 4 is 11.5 Å². The lowest BCUT2D eigenvalue weighted by Gasteiger charge is -2.22. The summed E-state index contributed by atoms with van der Waals surface area (Å²) in [5, 5.41) is 4.68. The Morgan fingerprint density at radius 3 is 2.24 bits per heavy atom. The highest BCUT2D eigenvalue weighted by molar-refractivity contribution is 5.69. The number of methoxy groups -OCH3 is 1. The summed E-state index contributed by atoms with van der Waals surface area (Å²) in [6.07, 6.45) is 0.823. The molecule has 21 heavy (non-hydrogen) atoms. The average molecular weight is 288 g/mol. The molecule has 1 aromatic carbocycles. The van der Waals surface area contributed by atoms with Crippen LogP contribution in [0.25, 0.3) is 5.69 Å². The van der Waals surface area contributed by atoms with Gasteiger partial charge in [0.1, 0.15) is 5.75 Å². The monoisotopic (exact) mass is 288 g/mol. The maximum absolute atomic E-state index is 6.31. The Kier molecular flexibility index (Phi) is 4.73. The fourth-order valence-electron chi connectivity index (χ4n) is 2.46. The second-order valence-electron chi connectivity index (χ2n) is 4.82. The number of aryl methyl sites for hydroxylation is 1. The van der Waals surface area contributed by atoms with E-state index in [2.05, 4.69) is 30.8 Å². The van der Waals surface area contributed by atoms with E-state index in [1.165, 1.54) is 0 Å². The van der Waals surface area contributed by atoms with Gasteiger partial charge in [-0.3, -0.25) is 0 Å². The Balaban J connectivity index is 2.55. The molecule has 5 heteroatoms. The number of benzene rings is 1. The van der Waals surface area contributed by atoms with E-state index in [1.807, 2.05) is 28.9 Å². The number of rotatable bonds is 6. The molecule has 114 valence electrons. The van der Waals surface area contributed by atoms with Crippen molar-refractivity contribution in [1.82, 2.24) is 9.78 Å². The smallest absolute Gasteiger partial charge is 0.155 e. The predicted molar refractivity (Wildman–Crippen MR) is 87.5 cm³/mol. The number of anilines is 2. The van der Waals surface area contributed by atoms with E-state index >= 15 is 0 Å². The molecule has 0 spiro atoms. The number of hydrogen-bond donors (Lipinski definition) is 1. The molecule has 0 amide bonds. The minimum absolute atomic E-state index is 0.775. The SMILES string of the molecule is CCc1nn(-c2ccc(OC)cc2)c(N(CC)CC)c1N. The molecule has 0 fully saturated rings. The molecule has 2 rings (SSSR count). The van der Waals surface area contributed by atoms with E-state index in [9.17, 15) is 0 Å². The first-order chi connectivity index (χ1) is 10.2. The summed E-state index contributed by atoms with van der Waals surface area (Å²) in [6.45, 7) is 8.11. The molecule has 0 aliphatic carbocycles. The normalized spacial score (nSPS) is 10.7. The second kappa shape index (κ2) is 6.52. The molecule has 0 saturated carbocycles. The standard InChI is InChI=1S/C16H24N4O/c1-5-14-15(17)16(19(6-2)7-3)20(18-14)12-8-10-13(21-4)11-9-12/h8-11H,5-7,17H2,1-4H3. The van der Waals surface area contributed by atoms with Crippen molar-refractivity contribution in [2.45, 2.75) is 27.2 Å². The lowest BCUT2D eigenvalue weighted by Crippen LogP contribution is -2.25. The highest BCUT2D eigenvalue weighted by Gasteiger charge is 2.19. The second-order valence-corrected chi connectivity index (χ2v) is 4.82. The largest absolute Gasteiger partial charge is 0.497 e. The maximum atomic E-state index is 6.31. The van der Waals surface area contributed by atoms with Crippen LogP contribution >= 0.6 is 0 Å². The van der Waals surface area contributed by atoms with Gasteiger partial charge in [0, 0.05) is 13.1 Å². The van der Waals surface area contributed by atoms with Gasteiger partial charge in [-0.2, -0.15) is 5.10 Å². The van der Waals surface area contributed by atoms with Crippen LogP contribution in [-0.2, 0) is 6.42 Å². The van der Waals surface area contributed by atoms with Crippen molar-refractivity contribution in [2.24, 2.45) is 0 Å². The summed E-state index contributed by atoms with van der Waals surface area (Å²) in [4.78, 5) is 2.23. The van der Waals surface area contributed by atoms with Crippen LogP contribution in [0.5, 0.6) is 5.75 Å². The highest BCUT2D eigenvalue weighted by atomic mass is 16.5. The van der Waals surface area contributed by atoms with Gasteiger partial charge in [-0.15, -0.1) is 0 Å². The summed E-state index contributed by atoms with van der Waals surface area (Å²) in [5.41, 5.74) is 9.01. The Morgan fingerprint density at radius 1 is 1.14 bits per heavy atom. The van der Waals surface area contributed by atoms with E-state index in [-0.39, 0.29) is 0 Å². The van der Waals surface area contributed by atoms with Crippen LogP contribution in [0.3, 0.4) is 0 Å². The lowest BCUT2D eigenvalue weighted by molar-refractivity contribution is 0.414. The number of nitrogens with zero attached hydrogens (tertiary/aromatic N) is 3. The third kappa shape index (κ3) is 2.82. The summed E-state index contributed by atoms with van der Waals surface area (Å²) in [5.74, 6) is 1.81. The molecule has 0 unspecified atom stereocenters. The van der Waals surface area contributed by atoms with Crippen LogP contribution < -0.4 is 15.4 Å². The molecule has 2 aromatic rings. The maximum Gasteiger partial charge on any atom is 0.155 e. The van der Waals surface area contributed by atoms with Gasteiger partial charge in [-0.1, -0.05) is 6.92 Å². The van der Waals surface area contributed by atoms with E-state index in [0.717, 1.165) is 48.1 Å². The summed E-state index contributed by atoms with van der Waals surface area (Å²) in [7, 11) is 1.66. The predicted octanol–water partition coefficient (Wildman–Crippen LogP) is 2.87. The van der Waals surface area contributed by atoms with Crippen LogP contribution in [0, 0.1) is 0 Å². The number of ether oxygens (including phenoxy) is 1. The third-order valence-electron chi connectivity index (χ3n) is 3.69. The van der Waals surface area contributed by atoms with Crippen LogP contribution in [0.1, 0.15) is 26.5 Å². The van der Waals surface area contributed by atoms with Crippen molar-refractivity contribution in [3.05, 3.63) is 30.0 Å². The summed E-state index contributed by atoms with van der Waals surface area (Å²) in [6, 6.07) is 7.87. The molecule has 0 atom stereocenters. The number of nitrogens with two attached hydrogens (primary N) is 1. The molecule has 0 aliphatic heterocycles. The van der Waals surface area contributed by atoms with Gasteiger partial charge in [0.2, 0.25) is 0 Å². The van der Waals surface area contributed by atoms with Crippen molar-refractivity contribution in [3.8, 4) is 11.4 Å². The van der Waals surface area contributed by atoms with Crippen molar-refractivity contribution in [2.75, 3.05) is 30.8 Å². The van der Waals surface area contributed by atoms with Crippen molar-refractivity contribution < 1.29 is 4.74 Å². The van der Waals surface area contributed by atoms with Crippen molar-refractivity contribution in [1.29, 1.82) is 0 Å². The van der Waals surface area contributed by atoms with E-state index in [4.69, 9.17) is 10.5 Å². The Bertz CT molecular complexity index is 585. The molecule has 0 radical (unpaired) electrons. The zero-order valence-corrected chi connectivity index (χ0v) is 13.3. The third-order valence-corrected chi connectivity index (χ3v) is 3.69. The van der Waals surface area contributed by atoms with Crippen LogP contribution in [-0.4, -0.2) is 30.0 Å². The van der Waals surface area contributed by atoms with Crippen LogP contribution in [0.2, 0.25) is 0 Å². The molecule has 0 bridgehead atoms. The van der Waals surface area contributed by atoms with Gasteiger partial charge in [0.25, 0.3) is 0 Å². The number of aromatic nitrogens is 2. The van der Waals surface area contributed by atoms with Gasteiger partial charge in [-0.05, 0) is 44.5 Å². The average Bonchev–Trinajstić information content (AvgIpc) is 2.86. The quantitative estimate of drug-likeness (QED) is 0.888. The zero-order valence-electron chi connectivity index (χ0n) is 13.3. The van der Waals surface area contributed by atoms with E-state index in [0.29, 0.717) is 0 Å². The minimum Gasteiger partial charge on any atom is -0.497 e. The summed E-state index contributed by atoms with van der Waals surface area (Å²) >= 11 is 0. The minimum atomic E-state index is 0.775. The first-order valence-corrected chi connectivity index (χ1v) is 7.42. The van der Waals surface area contributed by atoms with Crippen LogP contribution in [0.4, 0.5) is 11.5 Å². The van der Waals surface area contributed by atoms with Gasteiger partial charge < -0.3 is 15.4 Å². The molecule has 2 N–H and O–H groups in total. The Morgan fingerprint density at radius 2 is 1.76 bits per heavy atom. The van der Waals surface area contributed by atoms with Gasteiger partial charge >= 0.3 is 0 Å². The van der Waals surface area contributed by atoms with E-state index < -0.39 is 0 Å². The van der Waals surface area contributed by atoms with Gasteiger partial charge in [0.15, 0.2) is 5.82 Å². The topological polar surface area (TPSA) is 56.3 Å². The van der Waals surface area contributed by atoms with Gasteiger partial charge in [-0.25, -0.2) is 4.68 Å². The molecule has 1 aromatic heterocycles. The molecular weight excluding hydrogens is 264 g/mol. The zero-order chi connectivity index (χ0) is 15.4. The summed E-state index contributed by atoms with van der Waals surface area (Å²) < 4.78 is 7.14. The van der Waals surface area contributed by atoms with Crippen LogP contribution in [0.15, 0.2) is 24.3 Å².